The molecule has 2 rings (SSSR count). The van der Waals surface area contributed by atoms with Crippen LogP contribution >= 0.6 is 24.6 Å². The van der Waals surface area contributed by atoms with Gasteiger partial charge in [0.05, 0.1) is 12.8 Å². The second-order valence-electron chi connectivity index (χ2n) is 4.59. The Morgan fingerprint density at radius 3 is 2.78 bits per heavy atom. The number of carbonyl (C=O) groups is 1. The SMILES string of the molecule is COc1cc(C(=O)NSC2(C)CC2)cc(S)c1N. The third-order valence-electron chi connectivity index (χ3n) is 2.95. The maximum atomic E-state index is 12.0. The van der Waals surface area contributed by atoms with Crippen molar-refractivity contribution in [3.05, 3.63) is 17.7 Å². The summed E-state index contributed by atoms with van der Waals surface area (Å²) in [7, 11) is 1.51. The van der Waals surface area contributed by atoms with Crippen molar-refractivity contribution in [2.45, 2.75) is 29.4 Å². The van der Waals surface area contributed by atoms with Crippen LogP contribution < -0.4 is 15.2 Å². The number of hydrogen-bond acceptors (Lipinski definition) is 5. The van der Waals surface area contributed by atoms with Crippen LogP contribution in [0, 0.1) is 0 Å². The quantitative estimate of drug-likeness (QED) is 0.451. The van der Waals surface area contributed by atoms with Crippen LogP contribution in [0.15, 0.2) is 17.0 Å². The number of rotatable bonds is 4. The van der Waals surface area contributed by atoms with Gasteiger partial charge in [0.25, 0.3) is 5.91 Å². The first kappa shape index (κ1) is 13.4. The minimum Gasteiger partial charge on any atom is -0.495 e. The molecule has 1 fully saturated rings. The Kier molecular flexibility index (Phi) is 3.68. The Morgan fingerprint density at radius 2 is 2.22 bits per heavy atom. The first-order chi connectivity index (χ1) is 8.45. The third-order valence-corrected chi connectivity index (χ3v) is 4.51. The molecule has 1 aliphatic carbocycles. The van der Waals surface area contributed by atoms with E-state index in [1.54, 1.807) is 12.1 Å². The van der Waals surface area contributed by atoms with Gasteiger partial charge in [-0.05, 0) is 43.8 Å². The first-order valence-electron chi connectivity index (χ1n) is 5.60. The molecule has 0 heterocycles. The molecule has 0 aliphatic heterocycles. The molecule has 0 spiro atoms. The van der Waals surface area contributed by atoms with Crippen molar-refractivity contribution >= 4 is 36.2 Å². The zero-order valence-electron chi connectivity index (χ0n) is 10.3. The average Bonchev–Trinajstić information content (AvgIpc) is 3.08. The van der Waals surface area contributed by atoms with Crippen molar-refractivity contribution in [2.24, 2.45) is 0 Å². The predicted molar refractivity (Wildman–Crippen MR) is 77.4 cm³/mol. The van der Waals surface area contributed by atoms with E-state index < -0.39 is 0 Å². The van der Waals surface area contributed by atoms with Gasteiger partial charge in [0.15, 0.2) is 0 Å². The highest BCUT2D eigenvalue weighted by atomic mass is 32.2. The van der Waals surface area contributed by atoms with Gasteiger partial charge in [-0.1, -0.05) is 0 Å². The molecule has 0 unspecified atom stereocenters. The number of hydrogen-bond donors (Lipinski definition) is 3. The number of methoxy groups -OCH3 is 1. The summed E-state index contributed by atoms with van der Waals surface area (Å²) in [6.45, 7) is 2.13. The minimum atomic E-state index is -0.151. The van der Waals surface area contributed by atoms with Gasteiger partial charge in [-0.25, -0.2) is 0 Å². The highest BCUT2D eigenvalue weighted by Crippen LogP contribution is 2.46. The molecular weight excluding hydrogens is 268 g/mol. The van der Waals surface area contributed by atoms with Gasteiger partial charge < -0.3 is 10.5 Å². The lowest BCUT2D eigenvalue weighted by atomic mass is 10.2. The van der Waals surface area contributed by atoms with Crippen molar-refractivity contribution in [1.82, 2.24) is 4.72 Å². The lowest BCUT2D eigenvalue weighted by molar-refractivity contribution is 0.0983. The summed E-state index contributed by atoms with van der Waals surface area (Å²) in [4.78, 5) is 12.5. The Hall–Kier alpha value is -1.01. The second-order valence-corrected chi connectivity index (χ2v) is 6.47. The Balaban J connectivity index is 2.12. The van der Waals surface area contributed by atoms with Crippen molar-refractivity contribution < 1.29 is 9.53 Å². The molecule has 18 heavy (non-hydrogen) atoms. The van der Waals surface area contributed by atoms with Crippen molar-refractivity contribution in [2.75, 3.05) is 12.8 Å². The monoisotopic (exact) mass is 284 g/mol. The van der Waals surface area contributed by atoms with Gasteiger partial charge in [0, 0.05) is 15.2 Å². The number of thiol groups is 1. The number of carbonyl (C=O) groups excluding carboxylic acids is 1. The Morgan fingerprint density at radius 1 is 1.56 bits per heavy atom. The van der Waals surface area contributed by atoms with Crippen molar-refractivity contribution in [3.63, 3.8) is 0 Å². The molecule has 0 radical (unpaired) electrons. The van der Waals surface area contributed by atoms with E-state index >= 15 is 0 Å². The molecule has 4 nitrogen and oxygen atoms in total. The lowest BCUT2D eigenvalue weighted by Gasteiger charge is -2.12. The first-order valence-corrected chi connectivity index (χ1v) is 6.86. The molecule has 0 aromatic heterocycles. The largest absolute Gasteiger partial charge is 0.495 e. The average molecular weight is 284 g/mol. The van der Waals surface area contributed by atoms with Gasteiger partial charge in [-0.2, -0.15) is 0 Å². The molecule has 1 aromatic carbocycles. The van der Waals surface area contributed by atoms with Gasteiger partial charge in [0.1, 0.15) is 5.75 Å². The summed E-state index contributed by atoms with van der Waals surface area (Å²) in [5, 5.41) is 0. The van der Waals surface area contributed by atoms with E-state index in [1.807, 2.05) is 0 Å². The molecule has 1 saturated carbocycles. The molecule has 0 bridgehead atoms. The van der Waals surface area contributed by atoms with Crippen LogP contribution in [0.3, 0.4) is 0 Å². The van der Waals surface area contributed by atoms with Crippen LogP contribution in [-0.4, -0.2) is 17.8 Å². The maximum Gasteiger partial charge on any atom is 0.261 e. The summed E-state index contributed by atoms with van der Waals surface area (Å²) in [5.74, 6) is 0.317. The number of nitrogens with one attached hydrogen (secondary N) is 1. The van der Waals surface area contributed by atoms with E-state index in [2.05, 4.69) is 24.3 Å². The minimum absolute atomic E-state index is 0.151. The molecule has 1 amide bonds. The van der Waals surface area contributed by atoms with Crippen LogP contribution in [0.5, 0.6) is 5.75 Å². The molecule has 6 heteroatoms. The molecule has 98 valence electrons. The van der Waals surface area contributed by atoms with Crippen LogP contribution in [0.25, 0.3) is 0 Å². The summed E-state index contributed by atoms with van der Waals surface area (Å²) >= 11 is 5.71. The van der Waals surface area contributed by atoms with E-state index in [0.29, 0.717) is 21.9 Å². The molecule has 0 atom stereocenters. The van der Waals surface area contributed by atoms with Gasteiger partial charge >= 0.3 is 0 Å². The number of nitrogen functional groups attached to an aromatic ring is 1. The maximum absolute atomic E-state index is 12.0. The number of amides is 1. The summed E-state index contributed by atoms with van der Waals surface area (Å²) < 4.78 is 8.17. The van der Waals surface area contributed by atoms with Gasteiger partial charge in [-0.15, -0.1) is 12.6 Å². The van der Waals surface area contributed by atoms with Crippen molar-refractivity contribution in [3.8, 4) is 5.75 Å². The number of ether oxygens (including phenoxy) is 1. The fraction of sp³-hybridized carbons (Fsp3) is 0.417. The Bertz CT molecular complexity index is 487. The lowest BCUT2D eigenvalue weighted by Crippen LogP contribution is -2.19. The van der Waals surface area contributed by atoms with E-state index in [4.69, 9.17) is 10.5 Å². The van der Waals surface area contributed by atoms with E-state index in [-0.39, 0.29) is 10.7 Å². The third kappa shape index (κ3) is 2.87. The standard InChI is InChI=1S/C12H16N2O2S2/c1-12(3-4-12)18-14-11(15)7-5-8(16-2)10(13)9(17)6-7/h5-6,17H,3-4,13H2,1-2H3,(H,14,15). The normalized spacial score (nSPS) is 16.2. The smallest absolute Gasteiger partial charge is 0.261 e. The fourth-order valence-corrected chi connectivity index (χ4v) is 2.43. The predicted octanol–water partition coefficient (Wildman–Crippen LogP) is 2.50. The molecule has 1 aromatic rings. The summed E-state index contributed by atoms with van der Waals surface area (Å²) in [5.41, 5.74) is 6.72. The van der Waals surface area contributed by atoms with E-state index in [1.165, 1.54) is 19.1 Å². The molecule has 1 aliphatic rings. The van der Waals surface area contributed by atoms with Crippen LogP contribution in [0.1, 0.15) is 30.1 Å². The summed E-state index contributed by atoms with van der Waals surface area (Å²) in [6.07, 6.45) is 2.28. The molecular formula is C12H16N2O2S2. The Labute approximate surface area is 116 Å². The topological polar surface area (TPSA) is 64.3 Å². The van der Waals surface area contributed by atoms with Gasteiger partial charge in [-0.3, -0.25) is 9.52 Å². The van der Waals surface area contributed by atoms with Crippen LogP contribution in [0.4, 0.5) is 5.69 Å². The number of benzene rings is 1. The summed E-state index contributed by atoms with van der Waals surface area (Å²) in [6, 6.07) is 3.27. The number of anilines is 1. The second kappa shape index (κ2) is 4.93. The van der Waals surface area contributed by atoms with Gasteiger partial charge in [0.2, 0.25) is 0 Å². The number of nitrogens with two attached hydrogens (primary N) is 1. The molecule has 0 saturated heterocycles. The van der Waals surface area contributed by atoms with E-state index in [9.17, 15) is 4.79 Å². The zero-order chi connectivity index (χ0) is 13.3. The van der Waals surface area contributed by atoms with Crippen LogP contribution in [-0.2, 0) is 0 Å². The highest BCUT2D eigenvalue weighted by Gasteiger charge is 2.39. The van der Waals surface area contributed by atoms with E-state index in [0.717, 1.165) is 12.8 Å². The van der Waals surface area contributed by atoms with Crippen LogP contribution in [0.2, 0.25) is 0 Å². The van der Waals surface area contributed by atoms with Crippen molar-refractivity contribution in [1.29, 1.82) is 0 Å². The highest BCUT2D eigenvalue weighted by molar-refractivity contribution is 7.99. The fourth-order valence-electron chi connectivity index (χ4n) is 1.42. The zero-order valence-corrected chi connectivity index (χ0v) is 12.0. The molecule has 3 N–H and O–H groups in total.